The van der Waals surface area contributed by atoms with Crippen LogP contribution in [0.3, 0.4) is 0 Å². The Balaban J connectivity index is 2.19. The van der Waals surface area contributed by atoms with E-state index in [4.69, 9.17) is 19.3 Å². The molecule has 30 heavy (non-hydrogen) atoms. The van der Waals surface area contributed by atoms with Gasteiger partial charge in [0.05, 0.1) is 13.7 Å². The van der Waals surface area contributed by atoms with Gasteiger partial charge in [0.1, 0.15) is 6.61 Å². The van der Waals surface area contributed by atoms with Gasteiger partial charge in [-0.3, -0.25) is 0 Å². The van der Waals surface area contributed by atoms with E-state index in [-0.39, 0.29) is 42.2 Å². The third kappa shape index (κ3) is 4.98. The molecule has 1 aromatic carbocycles. The molecule has 2 aromatic heterocycles. The van der Waals surface area contributed by atoms with Crippen molar-refractivity contribution in [1.82, 2.24) is 9.97 Å². The molecule has 12 heteroatoms. The van der Waals surface area contributed by atoms with Crippen molar-refractivity contribution in [2.75, 3.05) is 20.3 Å². The van der Waals surface area contributed by atoms with E-state index in [0.29, 0.717) is 16.0 Å². The Morgan fingerprint density at radius 1 is 1.13 bits per heavy atom. The van der Waals surface area contributed by atoms with Crippen LogP contribution < -0.4 is 18.9 Å². The number of ether oxygens (including phenoxy) is 3. The van der Waals surface area contributed by atoms with Crippen molar-refractivity contribution < 1.29 is 32.5 Å². The lowest BCUT2D eigenvalue weighted by Gasteiger charge is -2.15. The van der Waals surface area contributed by atoms with Crippen LogP contribution in [0.5, 0.6) is 23.1 Å². The number of methoxy groups -OCH3 is 1. The number of aromatic nitrogens is 3. The van der Waals surface area contributed by atoms with Crippen molar-refractivity contribution in [2.45, 2.75) is 0 Å². The van der Waals surface area contributed by atoms with Gasteiger partial charge in [-0.25, -0.2) is 4.98 Å². The molecule has 11 nitrogen and oxygen atoms in total. The van der Waals surface area contributed by atoms with Gasteiger partial charge >= 0.3 is 10.5 Å². The monoisotopic (exact) mass is 432 g/mol. The fourth-order valence-electron chi connectivity index (χ4n) is 2.38. The highest BCUT2D eigenvalue weighted by atomic mass is 32.2. The first-order valence-electron chi connectivity index (χ1n) is 8.48. The summed E-state index contributed by atoms with van der Waals surface area (Å²) in [5.74, 6) is -0.0118. The second kappa shape index (κ2) is 9.62. The van der Waals surface area contributed by atoms with Gasteiger partial charge in [-0.05, 0) is 12.1 Å². The van der Waals surface area contributed by atoms with E-state index in [9.17, 15) is 13.6 Å². The molecule has 156 valence electrons. The number of hydrogen-bond donors (Lipinski definition) is 1. The van der Waals surface area contributed by atoms with Crippen molar-refractivity contribution in [3.8, 4) is 34.5 Å². The Morgan fingerprint density at radius 3 is 2.47 bits per heavy atom. The molecule has 0 aliphatic heterocycles. The zero-order valence-electron chi connectivity index (χ0n) is 15.6. The second-order valence-electron chi connectivity index (χ2n) is 5.59. The van der Waals surface area contributed by atoms with E-state index in [1.54, 1.807) is 24.3 Å². The van der Waals surface area contributed by atoms with Crippen LogP contribution in [0.15, 0.2) is 53.2 Å². The van der Waals surface area contributed by atoms with Crippen molar-refractivity contribution >= 4 is 16.3 Å². The molecule has 0 atom stereocenters. The number of benzene rings is 1. The van der Waals surface area contributed by atoms with Crippen LogP contribution in [-0.4, -0.2) is 43.8 Å². The lowest BCUT2D eigenvalue weighted by Crippen LogP contribution is -2.23. The molecule has 0 radical (unpaired) electrons. The highest BCUT2D eigenvalue weighted by Gasteiger charge is 2.21. The SMILES string of the molecule is COc1ccccc1Oc1c(N=S(=O)=O)nc(-c2cc[n+]([O-])cc2)nc1OCCO. The molecule has 0 aliphatic carbocycles. The Bertz CT molecular complexity index is 1160. The maximum atomic E-state index is 11.3. The summed E-state index contributed by atoms with van der Waals surface area (Å²) in [7, 11) is -1.41. The maximum Gasteiger partial charge on any atom is 0.318 e. The van der Waals surface area contributed by atoms with Crippen LogP contribution in [0.25, 0.3) is 11.4 Å². The van der Waals surface area contributed by atoms with E-state index in [1.807, 2.05) is 0 Å². The second-order valence-corrected chi connectivity index (χ2v) is 6.20. The predicted octanol–water partition coefficient (Wildman–Crippen LogP) is 1.64. The van der Waals surface area contributed by atoms with Gasteiger partial charge in [-0.15, -0.1) is 4.36 Å². The van der Waals surface area contributed by atoms with Crippen LogP contribution >= 0.6 is 0 Å². The predicted molar refractivity (Wildman–Crippen MR) is 103 cm³/mol. The van der Waals surface area contributed by atoms with Crippen LogP contribution in [0.4, 0.5) is 5.82 Å². The Morgan fingerprint density at radius 2 is 1.83 bits per heavy atom. The van der Waals surface area contributed by atoms with Crippen molar-refractivity contribution in [3.63, 3.8) is 0 Å². The topological polar surface area (TPSA) is 147 Å². The Hall–Kier alpha value is -3.77. The van der Waals surface area contributed by atoms with Gasteiger partial charge < -0.3 is 24.5 Å². The molecule has 0 amide bonds. The molecule has 3 rings (SSSR count). The minimum absolute atomic E-state index is 0.0418. The number of para-hydroxylation sites is 2. The highest BCUT2D eigenvalue weighted by Crippen LogP contribution is 2.42. The first kappa shape index (κ1) is 21.0. The Labute approximate surface area is 172 Å². The van der Waals surface area contributed by atoms with Crippen LogP contribution in [0.2, 0.25) is 0 Å². The third-order valence-corrected chi connectivity index (χ3v) is 3.97. The van der Waals surface area contributed by atoms with Gasteiger partial charge in [0, 0.05) is 17.7 Å². The molecule has 0 bridgehead atoms. The van der Waals surface area contributed by atoms with Gasteiger partial charge in [-0.2, -0.15) is 18.1 Å². The summed E-state index contributed by atoms with van der Waals surface area (Å²) in [5.41, 5.74) is 0.410. The Kier molecular flexibility index (Phi) is 6.72. The molecule has 0 fully saturated rings. The number of hydrogen-bond acceptors (Lipinski definition) is 10. The zero-order valence-corrected chi connectivity index (χ0v) is 16.4. The summed E-state index contributed by atoms with van der Waals surface area (Å²) in [5, 5.41) is 20.4. The molecule has 3 aromatic rings. The molecule has 0 spiro atoms. The van der Waals surface area contributed by atoms with E-state index in [0.717, 1.165) is 0 Å². The molecular weight excluding hydrogens is 416 g/mol. The largest absolute Gasteiger partial charge is 0.619 e. The van der Waals surface area contributed by atoms with Crippen molar-refractivity contribution in [2.24, 2.45) is 4.36 Å². The average Bonchev–Trinajstić information content (AvgIpc) is 2.74. The van der Waals surface area contributed by atoms with Gasteiger partial charge in [0.25, 0.3) is 5.88 Å². The molecular formula is C18H16N4O7S. The van der Waals surface area contributed by atoms with Gasteiger partial charge in [0.2, 0.25) is 11.6 Å². The molecule has 2 heterocycles. The quantitative estimate of drug-likeness (QED) is 0.414. The van der Waals surface area contributed by atoms with E-state index in [1.165, 1.54) is 31.6 Å². The fourth-order valence-corrected chi connectivity index (χ4v) is 2.65. The normalized spacial score (nSPS) is 10.3. The summed E-state index contributed by atoms with van der Waals surface area (Å²) in [6.45, 7) is -0.469. The number of rotatable bonds is 8. The average molecular weight is 432 g/mol. The molecule has 0 saturated heterocycles. The van der Waals surface area contributed by atoms with Crippen molar-refractivity contribution in [3.05, 3.63) is 54.0 Å². The number of aliphatic hydroxyl groups excluding tert-OH is 1. The van der Waals surface area contributed by atoms with Crippen LogP contribution in [0.1, 0.15) is 0 Å². The fraction of sp³-hybridized carbons (Fsp3) is 0.167. The molecule has 1 N–H and O–H groups in total. The third-order valence-electron chi connectivity index (χ3n) is 3.65. The summed E-state index contributed by atoms with van der Waals surface area (Å²) in [6, 6.07) is 9.53. The summed E-state index contributed by atoms with van der Waals surface area (Å²) < 4.78 is 43.1. The van der Waals surface area contributed by atoms with Crippen LogP contribution in [0, 0.1) is 5.21 Å². The number of pyridine rings is 1. The molecule has 0 unspecified atom stereocenters. The van der Waals surface area contributed by atoms with E-state index < -0.39 is 10.5 Å². The highest BCUT2D eigenvalue weighted by molar-refractivity contribution is 7.61. The first-order chi connectivity index (χ1) is 14.5. The minimum atomic E-state index is -2.86. The smallest absolute Gasteiger partial charge is 0.318 e. The zero-order chi connectivity index (χ0) is 21.5. The van der Waals surface area contributed by atoms with Crippen LogP contribution in [-0.2, 0) is 10.5 Å². The van der Waals surface area contributed by atoms with E-state index in [2.05, 4.69) is 14.3 Å². The first-order valence-corrected chi connectivity index (χ1v) is 9.52. The lowest BCUT2D eigenvalue weighted by molar-refractivity contribution is -0.605. The van der Waals surface area contributed by atoms with Gasteiger partial charge in [-0.1, -0.05) is 12.1 Å². The maximum absolute atomic E-state index is 11.3. The summed E-state index contributed by atoms with van der Waals surface area (Å²) in [4.78, 5) is 8.39. The number of nitrogens with zero attached hydrogens (tertiary/aromatic N) is 4. The minimum Gasteiger partial charge on any atom is -0.619 e. The standard InChI is InChI=1S/C18H16N4O7S/c1-27-13-4-2-3-5-14(13)29-15-17(21-30(25)26)19-16(20-18(15)28-11-10-23)12-6-8-22(24)9-7-12/h2-9,23H,10-11H2,1H3. The summed E-state index contributed by atoms with van der Waals surface area (Å²) in [6.07, 6.45) is 2.46. The number of aliphatic hydroxyl groups is 1. The molecule has 0 aliphatic rings. The molecule has 0 saturated carbocycles. The summed E-state index contributed by atoms with van der Waals surface area (Å²) >= 11 is 0. The van der Waals surface area contributed by atoms with Crippen molar-refractivity contribution in [1.29, 1.82) is 0 Å². The van der Waals surface area contributed by atoms with Gasteiger partial charge in [0.15, 0.2) is 29.7 Å². The van der Waals surface area contributed by atoms with E-state index >= 15 is 0 Å². The lowest BCUT2D eigenvalue weighted by atomic mass is 10.2.